The Hall–Kier alpha value is -3.89. The number of aryl methyl sites for hydroxylation is 6. The van der Waals surface area contributed by atoms with E-state index in [0.29, 0.717) is 0 Å². The summed E-state index contributed by atoms with van der Waals surface area (Å²) < 4.78 is 0. The van der Waals surface area contributed by atoms with E-state index in [-0.39, 0.29) is 26.2 Å². The van der Waals surface area contributed by atoms with Crippen molar-refractivity contribution in [3.8, 4) is 0 Å². The van der Waals surface area contributed by atoms with Crippen molar-refractivity contribution in [3.05, 3.63) is 191 Å². The van der Waals surface area contributed by atoms with Gasteiger partial charge in [-0.25, -0.2) is 0 Å². The molecule has 0 saturated heterocycles. The molecule has 52 heavy (non-hydrogen) atoms. The predicted molar refractivity (Wildman–Crippen MR) is 227 cm³/mol. The number of benzene rings is 5. The number of nitrogens with zero attached hydrogens (tertiary/aromatic N) is 3. The summed E-state index contributed by atoms with van der Waals surface area (Å²) in [6.45, 7) is 28.0. The van der Waals surface area contributed by atoms with E-state index in [9.17, 15) is 0 Å². The number of hydrogen-bond acceptors (Lipinski definition) is 3. The number of rotatable bonds is 8. The molecule has 0 heterocycles. The largest absolute Gasteiger partial charge is 0.683 e. The molecule has 0 radical (unpaired) electrons. The van der Waals surface area contributed by atoms with Crippen molar-refractivity contribution in [3.63, 3.8) is 0 Å². The SMILES string of the molecule is Cc1cc(C)c(NCCN(C)C)c(C)c1.Cc1cc(C)c([N-]CCN(C)C)c(C)c1.[CH2-]c1ccccc1.[CH2-]c1ccccc1.[CH2-]c1ccccc1.[Zr]. The molecule has 5 aromatic carbocycles. The molecule has 280 valence electrons. The summed E-state index contributed by atoms with van der Waals surface area (Å²) in [5, 5.41) is 8.14. The molecule has 0 bridgehead atoms. The molecule has 0 unspecified atom stereocenters. The fraction of sp³-hybridized carbons (Fsp3) is 0.298. The van der Waals surface area contributed by atoms with Crippen LogP contribution in [0.2, 0.25) is 0 Å². The number of anilines is 1. The van der Waals surface area contributed by atoms with Gasteiger partial charge in [-0.1, -0.05) is 64.7 Å². The fourth-order valence-electron chi connectivity index (χ4n) is 5.08. The van der Waals surface area contributed by atoms with Crippen molar-refractivity contribution in [2.75, 3.05) is 59.7 Å². The molecule has 4 nitrogen and oxygen atoms in total. The number of hydrogen-bond donors (Lipinski definition) is 1. The minimum atomic E-state index is 0. The Labute approximate surface area is 338 Å². The Morgan fingerprint density at radius 3 is 1.12 bits per heavy atom. The van der Waals surface area contributed by atoms with Gasteiger partial charge < -0.3 is 20.4 Å². The molecule has 5 heteroatoms. The van der Waals surface area contributed by atoms with Gasteiger partial charge in [0.25, 0.3) is 0 Å². The Kier molecular flexibility index (Phi) is 25.7. The third-order valence-corrected chi connectivity index (χ3v) is 7.52. The molecule has 0 aliphatic rings. The van der Waals surface area contributed by atoms with Crippen LogP contribution < -0.4 is 5.32 Å². The first kappa shape index (κ1) is 48.1. The zero-order valence-corrected chi connectivity index (χ0v) is 36.2. The van der Waals surface area contributed by atoms with Crippen LogP contribution in [-0.2, 0) is 26.2 Å². The molecule has 0 aliphatic carbocycles. The third-order valence-electron chi connectivity index (χ3n) is 7.52. The monoisotopic (exact) mass is 774 g/mol. The molecule has 0 saturated carbocycles. The average Bonchev–Trinajstić information content (AvgIpc) is 3.06. The van der Waals surface area contributed by atoms with Gasteiger partial charge in [-0.05, 0) is 87.4 Å². The van der Waals surface area contributed by atoms with Crippen LogP contribution in [0, 0.1) is 62.3 Å². The Bertz CT molecular complexity index is 1420. The van der Waals surface area contributed by atoms with Gasteiger partial charge in [-0.15, -0.1) is 48.6 Å². The van der Waals surface area contributed by atoms with Crippen LogP contribution in [-0.4, -0.2) is 64.2 Å². The Morgan fingerprint density at radius 1 is 0.500 bits per heavy atom. The van der Waals surface area contributed by atoms with E-state index < -0.39 is 0 Å². The van der Waals surface area contributed by atoms with E-state index in [1.165, 1.54) is 44.8 Å². The van der Waals surface area contributed by atoms with Crippen LogP contribution in [0.5, 0.6) is 0 Å². The smallest absolute Gasteiger partial charge is 0.0400 e. The minimum Gasteiger partial charge on any atom is -0.683 e. The summed E-state index contributed by atoms with van der Waals surface area (Å²) in [7, 11) is 8.34. The zero-order valence-electron chi connectivity index (χ0n) is 33.8. The van der Waals surface area contributed by atoms with Crippen molar-refractivity contribution in [1.82, 2.24) is 9.80 Å². The first-order chi connectivity index (χ1) is 24.2. The van der Waals surface area contributed by atoms with Gasteiger partial charge in [0.15, 0.2) is 0 Å². The molecule has 0 amide bonds. The molecule has 5 aromatic rings. The number of nitrogens with one attached hydrogen (secondary N) is 1. The molecular weight excluding hydrogens is 712 g/mol. The van der Waals surface area contributed by atoms with Crippen LogP contribution >= 0.6 is 0 Å². The first-order valence-corrected chi connectivity index (χ1v) is 17.7. The Balaban J connectivity index is 0.000000652. The van der Waals surface area contributed by atoms with E-state index in [0.717, 1.165) is 42.9 Å². The minimum absolute atomic E-state index is 0. The van der Waals surface area contributed by atoms with E-state index in [1.807, 2.05) is 91.0 Å². The molecule has 0 fully saturated rings. The summed E-state index contributed by atoms with van der Waals surface area (Å²) in [4.78, 5) is 4.34. The molecule has 1 N–H and O–H groups in total. The van der Waals surface area contributed by atoms with Gasteiger partial charge in [-0.3, -0.25) is 0 Å². The molecule has 0 spiro atoms. The molecule has 0 aromatic heterocycles. The second-order valence-electron chi connectivity index (χ2n) is 13.4. The van der Waals surface area contributed by atoms with Crippen LogP contribution in [0.4, 0.5) is 11.4 Å². The van der Waals surface area contributed by atoms with Crippen molar-refractivity contribution >= 4 is 11.4 Å². The van der Waals surface area contributed by atoms with Crippen molar-refractivity contribution < 1.29 is 26.2 Å². The molecule has 0 atom stereocenters. The summed E-state index contributed by atoms with van der Waals surface area (Å²) in [6, 6.07) is 38.5. The first-order valence-electron chi connectivity index (χ1n) is 17.7. The Morgan fingerprint density at radius 2 is 0.827 bits per heavy atom. The van der Waals surface area contributed by atoms with Gasteiger partial charge in [0.2, 0.25) is 0 Å². The summed E-state index contributed by atoms with van der Waals surface area (Å²) >= 11 is 0. The average molecular weight is 776 g/mol. The maximum absolute atomic E-state index is 4.64. The standard InChI is InChI=1S/C13H22N2.C13H21N2.3C7H7.Zr/c2*1-10-8-11(2)13(12(3)9-10)14-6-7-15(4)5;3*1-7-5-3-2-4-6-7;/h8-9,14H,6-7H2,1-5H3;8-9H,6-7H2,1-5H3;3*2-6H,1H2;/q;4*-1;. The quantitative estimate of drug-likeness (QED) is 0.159. The van der Waals surface area contributed by atoms with Crippen LogP contribution in [0.1, 0.15) is 50.1 Å². The van der Waals surface area contributed by atoms with Gasteiger partial charge in [-0.2, -0.15) is 73.9 Å². The number of likely N-dealkylation sites (N-methyl/N-ethyl adjacent to an activating group) is 2. The van der Waals surface area contributed by atoms with Crippen molar-refractivity contribution in [2.24, 2.45) is 0 Å². The van der Waals surface area contributed by atoms with E-state index >= 15 is 0 Å². The van der Waals surface area contributed by atoms with E-state index in [4.69, 9.17) is 0 Å². The van der Waals surface area contributed by atoms with Crippen LogP contribution in [0.25, 0.3) is 5.32 Å². The van der Waals surface area contributed by atoms with Crippen molar-refractivity contribution in [2.45, 2.75) is 41.5 Å². The predicted octanol–water partition coefficient (Wildman–Crippen LogP) is 11.4. The normalized spacial score (nSPS) is 9.69. The topological polar surface area (TPSA) is 32.6 Å². The fourth-order valence-corrected chi connectivity index (χ4v) is 5.08. The molecule has 5 rings (SSSR count). The van der Waals surface area contributed by atoms with Crippen LogP contribution in [0.3, 0.4) is 0 Å². The summed E-state index contributed by atoms with van der Waals surface area (Å²) in [5.41, 5.74) is 13.6. The molecule has 0 aliphatic heterocycles. The van der Waals surface area contributed by atoms with Gasteiger partial charge >= 0.3 is 0 Å². The van der Waals surface area contributed by atoms with Gasteiger partial charge in [0.1, 0.15) is 0 Å². The van der Waals surface area contributed by atoms with E-state index in [2.05, 4.69) is 135 Å². The summed E-state index contributed by atoms with van der Waals surface area (Å²) in [6.07, 6.45) is 0. The van der Waals surface area contributed by atoms with E-state index in [1.54, 1.807) is 0 Å². The zero-order chi connectivity index (χ0) is 38.2. The second kappa shape index (κ2) is 27.7. The molecular formula is C47H64N4Zr-4. The second-order valence-corrected chi connectivity index (χ2v) is 13.4. The van der Waals surface area contributed by atoms with Crippen LogP contribution in [0.15, 0.2) is 115 Å². The maximum atomic E-state index is 4.64. The third kappa shape index (κ3) is 22.8. The van der Waals surface area contributed by atoms with Crippen molar-refractivity contribution in [1.29, 1.82) is 0 Å². The van der Waals surface area contributed by atoms with Gasteiger partial charge in [0, 0.05) is 45.0 Å². The summed E-state index contributed by atoms with van der Waals surface area (Å²) in [5.74, 6) is 0. The van der Waals surface area contributed by atoms with Gasteiger partial charge in [0.05, 0.1) is 0 Å². The maximum Gasteiger partial charge on any atom is 0.0400 e.